The second-order valence-electron chi connectivity index (χ2n) is 8.02. The van der Waals surface area contributed by atoms with Gasteiger partial charge in [-0.3, -0.25) is 19.3 Å². The number of nitrogens with one attached hydrogen (secondary N) is 1. The predicted molar refractivity (Wildman–Crippen MR) is 135 cm³/mol. The van der Waals surface area contributed by atoms with Gasteiger partial charge in [0.05, 0.1) is 39.4 Å². The Balaban J connectivity index is 1.97. The number of nitrogens with zero attached hydrogens (tertiary/aromatic N) is 3. The molecule has 1 atom stereocenters. The molecule has 0 spiro atoms. The van der Waals surface area contributed by atoms with Crippen molar-refractivity contribution >= 4 is 75.3 Å². The van der Waals surface area contributed by atoms with Crippen molar-refractivity contribution in [2.24, 2.45) is 11.5 Å². The van der Waals surface area contributed by atoms with Gasteiger partial charge in [0.25, 0.3) is 5.91 Å². The van der Waals surface area contributed by atoms with E-state index >= 15 is 0 Å². The highest BCUT2D eigenvalue weighted by Crippen LogP contribution is 2.39. The number of rotatable bonds is 6. The second kappa shape index (κ2) is 9.56. The number of carbonyl (C=O) groups excluding carboxylic acids is 3. The SMILES string of the molecule is CC1(C)C(=O)N(c2ccc(C#N)c(Cl)c2)C(=S)N1c1ccc(Cl)c(NC(=O)C(N)CC(N)=O)c1. The minimum atomic E-state index is -1.15. The van der Waals surface area contributed by atoms with Crippen LogP contribution in [0.3, 0.4) is 0 Å². The molecule has 3 amide bonds. The van der Waals surface area contributed by atoms with Crippen LogP contribution >= 0.6 is 35.4 Å². The van der Waals surface area contributed by atoms with E-state index in [1.54, 1.807) is 36.9 Å². The van der Waals surface area contributed by atoms with Crippen LogP contribution in [0.25, 0.3) is 0 Å². The van der Waals surface area contributed by atoms with E-state index in [-0.39, 0.29) is 38.7 Å². The summed E-state index contributed by atoms with van der Waals surface area (Å²) in [4.78, 5) is 39.7. The van der Waals surface area contributed by atoms with Crippen LogP contribution in [-0.4, -0.2) is 34.4 Å². The molecule has 0 aliphatic carbocycles. The molecule has 0 radical (unpaired) electrons. The lowest BCUT2D eigenvalue weighted by molar-refractivity contribution is -0.123. The van der Waals surface area contributed by atoms with Crippen LogP contribution in [-0.2, 0) is 14.4 Å². The first-order chi connectivity index (χ1) is 15.9. The van der Waals surface area contributed by atoms with Gasteiger partial charge in [-0.2, -0.15) is 5.26 Å². The van der Waals surface area contributed by atoms with Crippen molar-refractivity contribution in [3.63, 3.8) is 0 Å². The Labute approximate surface area is 211 Å². The Hall–Kier alpha value is -3.23. The van der Waals surface area contributed by atoms with Gasteiger partial charge in [-0.25, -0.2) is 0 Å². The summed E-state index contributed by atoms with van der Waals surface area (Å²) in [7, 11) is 0. The zero-order valence-corrected chi connectivity index (χ0v) is 20.5. The first-order valence-electron chi connectivity index (χ1n) is 9.91. The van der Waals surface area contributed by atoms with Gasteiger partial charge in [-0.1, -0.05) is 23.2 Å². The van der Waals surface area contributed by atoms with Gasteiger partial charge in [-0.05, 0) is 62.5 Å². The summed E-state index contributed by atoms with van der Waals surface area (Å²) in [5.41, 5.74) is 11.1. The predicted octanol–water partition coefficient (Wildman–Crippen LogP) is 2.92. The van der Waals surface area contributed by atoms with Gasteiger partial charge >= 0.3 is 0 Å². The van der Waals surface area contributed by atoms with Crippen molar-refractivity contribution in [3.8, 4) is 6.07 Å². The average molecular weight is 519 g/mol. The third-order valence-electron chi connectivity index (χ3n) is 5.22. The Kier molecular flexibility index (Phi) is 7.14. The molecular formula is C22H20Cl2N6O3S. The number of hydrogen-bond donors (Lipinski definition) is 3. The van der Waals surface area contributed by atoms with Crippen molar-refractivity contribution in [3.05, 3.63) is 52.0 Å². The summed E-state index contributed by atoms with van der Waals surface area (Å²) in [6.45, 7) is 3.39. The summed E-state index contributed by atoms with van der Waals surface area (Å²) in [6.07, 6.45) is -0.330. The van der Waals surface area contributed by atoms with Gasteiger partial charge in [-0.15, -0.1) is 0 Å². The van der Waals surface area contributed by atoms with E-state index in [9.17, 15) is 14.4 Å². The van der Waals surface area contributed by atoms with Gasteiger partial charge in [0.15, 0.2) is 5.11 Å². The molecule has 1 heterocycles. The van der Waals surface area contributed by atoms with E-state index in [1.807, 2.05) is 6.07 Å². The fourth-order valence-corrected chi connectivity index (χ4v) is 4.38. The topological polar surface area (TPSA) is 146 Å². The monoisotopic (exact) mass is 518 g/mol. The number of halogens is 2. The van der Waals surface area contributed by atoms with Crippen molar-refractivity contribution in [1.29, 1.82) is 5.26 Å². The zero-order chi connectivity index (χ0) is 25.4. The molecule has 1 aliphatic heterocycles. The molecule has 0 aromatic heterocycles. The largest absolute Gasteiger partial charge is 0.370 e. The normalized spacial score (nSPS) is 15.8. The first-order valence-corrected chi connectivity index (χ1v) is 11.1. The Morgan fingerprint density at radius 1 is 1.18 bits per heavy atom. The van der Waals surface area contributed by atoms with Crippen molar-refractivity contribution < 1.29 is 14.4 Å². The van der Waals surface area contributed by atoms with Crippen LogP contribution in [0.5, 0.6) is 0 Å². The zero-order valence-electron chi connectivity index (χ0n) is 18.1. The maximum absolute atomic E-state index is 13.3. The molecule has 1 aliphatic rings. The van der Waals surface area contributed by atoms with Gasteiger partial charge < -0.3 is 21.7 Å². The standard InChI is InChI=1S/C22H20Cl2N6O3S/c1-22(2)20(33)29(12-4-3-11(10-25)15(24)7-12)21(34)30(22)13-5-6-14(23)17(8-13)28-19(32)16(26)9-18(27)31/h3-8,16H,9,26H2,1-2H3,(H2,27,31)(H,28,32). The van der Waals surface area contributed by atoms with E-state index < -0.39 is 23.4 Å². The lowest BCUT2D eigenvalue weighted by atomic mass is 10.0. The highest BCUT2D eigenvalue weighted by atomic mass is 35.5. The van der Waals surface area contributed by atoms with Gasteiger partial charge in [0, 0.05) is 5.69 Å². The summed E-state index contributed by atoms with van der Waals surface area (Å²) in [6, 6.07) is 10.1. The second-order valence-corrected chi connectivity index (χ2v) is 9.20. The van der Waals surface area contributed by atoms with Crippen LogP contribution in [0.4, 0.5) is 17.1 Å². The van der Waals surface area contributed by atoms with Crippen LogP contribution in [0.2, 0.25) is 10.0 Å². The summed E-state index contributed by atoms with van der Waals surface area (Å²) in [5, 5.41) is 12.3. The number of carbonyl (C=O) groups is 3. The fraction of sp³-hybridized carbons (Fsp3) is 0.227. The summed E-state index contributed by atoms with van der Waals surface area (Å²) < 4.78 is 0. The molecule has 1 saturated heterocycles. The Morgan fingerprint density at radius 3 is 2.41 bits per heavy atom. The van der Waals surface area contributed by atoms with Gasteiger partial charge in [0.2, 0.25) is 11.8 Å². The number of nitrogens with two attached hydrogens (primary N) is 2. The van der Waals surface area contributed by atoms with Crippen molar-refractivity contribution in [2.75, 3.05) is 15.1 Å². The maximum atomic E-state index is 13.3. The summed E-state index contributed by atoms with van der Waals surface area (Å²) in [5.74, 6) is -1.68. The molecule has 1 fully saturated rings. The van der Waals surface area contributed by atoms with E-state index in [0.29, 0.717) is 11.4 Å². The molecule has 3 rings (SSSR count). The lowest BCUT2D eigenvalue weighted by Crippen LogP contribution is -2.44. The molecule has 0 bridgehead atoms. The number of nitriles is 1. The quantitative estimate of drug-likeness (QED) is 0.498. The van der Waals surface area contributed by atoms with E-state index in [2.05, 4.69) is 5.32 Å². The minimum absolute atomic E-state index is 0.167. The molecule has 176 valence electrons. The molecular weight excluding hydrogens is 499 g/mol. The van der Waals surface area contributed by atoms with Crippen LogP contribution < -0.4 is 26.6 Å². The van der Waals surface area contributed by atoms with Crippen molar-refractivity contribution in [2.45, 2.75) is 31.8 Å². The van der Waals surface area contributed by atoms with Crippen LogP contribution in [0.15, 0.2) is 36.4 Å². The molecule has 1 unspecified atom stereocenters. The summed E-state index contributed by atoms with van der Waals surface area (Å²) >= 11 is 18.0. The first kappa shape index (κ1) is 25.4. The smallest absolute Gasteiger partial charge is 0.259 e. The van der Waals surface area contributed by atoms with Crippen LogP contribution in [0.1, 0.15) is 25.8 Å². The molecule has 9 nitrogen and oxygen atoms in total. The highest BCUT2D eigenvalue weighted by molar-refractivity contribution is 7.81. The third kappa shape index (κ3) is 4.69. The molecule has 2 aromatic carbocycles. The van der Waals surface area contributed by atoms with Gasteiger partial charge in [0.1, 0.15) is 11.6 Å². The molecule has 12 heteroatoms. The maximum Gasteiger partial charge on any atom is 0.259 e. The Bertz CT molecular complexity index is 1260. The minimum Gasteiger partial charge on any atom is -0.370 e. The lowest BCUT2D eigenvalue weighted by Gasteiger charge is -2.30. The van der Waals surface area contributed by atoms with E-state index in [4.69, 9.17) is 52.1 Å². The number of thiocarbonyl (C=S) groups is 1. The van der Waals surface area contributed by atoms with E-state index in [0.717, 1.165) is 0 Å². The number of benzene rings is 2. The number of hydrogen-bond acceptors (Lipinski definition) is 6. The molecule has 5 N–H and O–H groups in total. The third-order valence-corrected chi connectivity index (χ3v) is 6.23. The number of anilines is 3. The number of primary amides is 1. The van der Waals surface area contributed by atoms with E-state index in [1.165, 1.54) is 23.1 Å². The Morgan fingerprint density at radius 2 is 1.82 bits per heavy atom. The fourth-order valence-electron chi connectivity index (χ4n) is 3.47. The average Bonchev–Trinajstić information content (AvgIpc) is 2.93. The van der Waals surface area contributed by atoms with Crippen molar-refractivity contribution in [1.82, 2.24) is 0 Å². The molecule has 34 heavy (non-hydrogen) atoms. The number of amides is 3. The highest BCUT2D eigenvalue weighted by Gasteiger charge is 2.50. The van der Waals surface area contributed by atoms with Crippen LogP contribution in [0, 0.1) is 11.3 Å². The molecule has 0 saturated carbocycles. The molecule has 2 aromatic rings.